The maximum absolute atomic E-state index is 12.5. The Morgan fingerprint density at radius 2 is 2.04 bits per heavy atom. The topological polar surface area (TPSA) is 37.9 Å². The van der Waals surface area contributed by atoms with Crippen molar-refractivity contribution in [3.63, 3.8) is 0 Å². The summed E-state index contributed by atoms with van der Waals surface area (Å²) in [6, 6.07) is 15.8. The van der Waals surface area contributed by atoms with Crippen molar-refractivity contribution >= 4 is 23.2 Å². The zero-order valence-electron chi connectivity index (χ0n) is 14.7. The van der Waals surface area contributed by atoms with Crippen molar-refractivity contribution in [1.29, 1.82) is 0 Å². The van der Waals surface area contributed by atoms with E-state index in [-0.39, 0.29) is 5.91 Å². The Morgan fingerprint density at radius 3 is 2.81 bits per heavy atom. The van der Waals surface area contributed by atoms with Crippen molar-refractivity contribution in [2.24, 2.45) is 0 Å². The Bertz CT molecular complexity index is 960. The second kappa shape index (κ2) is 6.96. The minimum atomic E-state index is -0.0481. The van der Waals surface area contributed by atoms with E-state index in [2.05, 4.69) is 51.8 Å². The molecule has 1 amide bonds. The minimum absolute atomic E-state index is 0.0481. The number of benzene rings is 2. The van der Waals surface area contributed by atoms with Gasteiger partial charge in [0.1, 0.15) is 6.20 Å². The summed E-state index contributed by atoms with van der Waals surface area (Å²) in [5, 5.41) is 3.54. The molecule has 4 nitrogen and oxygen atoms in total. The molecule has 0 unspecified atom stereocenters. The molecule has 5 heteroatoms. The number of aryl methyl sites for hydroxylation is 1. The number of carbonyl (C=O) groups is 1. The molecular weight excluding hydrogens is 346 g/mol. The lowest BCUT2D eigenvalue weighted by atomic mass is 10.1. The van der Waals surface area contributed by atoms with Crippen LogP contribution in [0.2, 0.25) is 5.02 Å². The van der Waals surface area contributed by atoms with Crippen LogP contribution >= 0.6 is 11.6 Å². The lowest BCUT2D eigenvalue weighted by Crippen LogP contribution is -2.42. The molecule has 0 bridgehead atoms. The van der Waals surface area contributed by atoms with Gasteiger partial charge in [0.15, 0.2) is 12.2 Å². The Labute approximate surface area is 158 Å². The highest BCUT2D eigenvalue weighted by Gasteiger charge is 2.29. The number of hydrogen-bond acceptors (Lipinski definition) is 1. The molecule has 3 aromatic rings. The van der Waals surface area contributed by atoms with E-state index >= 15 is 0 Å². The van der Waals surface area contributed by atoms with Gasteiger partial charge in [0, 0.05) is 16.3 Å². The highest BCUT2D eigenvalue weighted by molar-refractivity contribution is 6.30. The van der Waals surface area contributed by atoms with E-state index in [1.807, 2.05) is 12.1 Å². The molecule has 0 saturated carbocycles. The van der Waals surface area contributed by atoms with Crippen LogP contribution in [0.3, 0.4) is 0 Å². The number of nitrogens with zero attached hydrogens (tertiary/aromatic N) is 2. The summed E-state index contributed by atoms with van der Waals surface area (Å²) in [5.41, 5.74) is 4.33. The molecule has 0 fully saturated rings. The van der Waals surface area contributed by atoms with Crippen LogP contribution in [0.5, 0.6) is 0 Å². The first-order chi connectivity index (χ1) is 12.6. The predicted molar refractivity (Wildman–Crippen MR) is 103 cm³/mol. The zero-order valence-corrected chi connectivity index (χ0v) is 15.5. The van der Waals surface area contributed by atoms with Crippen LogP contribution in [0.15, 0.2) is 54.7 Å². The standard InChI is InChI=1S/C21H20ClN3O/c1-15-7-9-16(10-8-15)19-13-24(21-6-3-11-25(19)21)14-20(26)23-18-5-2-4-17(22)12-18/h2,4-5,7-10,12-13H,3,6,11,14H2,1H3/p+1. The second-order valence-electron chi connectivity index (χ2n) is 6.74. The van der Waals surface area contributed by atoms with Gasteiger partial charge in [0.25, 0.3) is 11.7 Å². The molecule has 2 aromatic carbocycles. The lowest BCUT2D eigenvalue weighted by molar-refractivity contribution is -0.690. The number of anilines is 1. The number of nitrogens with one attached hydrogen (secondary N) is 1. The number of halogens is 1. The summed E-state index contributed by atoms with van der Waals surface area (Å²) >= 11 is 5.99. The molecule has 1 aromatic heterocycles. The summed E-state index contributed by atoms with van der Waals surface area (Å²) < 4.78 is 4.40. The number of fused-ring (bicyclic) bond motifs is 1. The van der Waals surface area contributed by atoms with Crippen LogP contribution in [0.1, 0.15) is 17.8 Å². The molecule has 1 aliphatic heterocycles. The summed E-state index contributed by atoms with van der Waals surface area (Å²) in [4.78, 5) is 12.5. The van der Waals surface area contributed by atoms with Gasteiger partial charge in [-0.15, -0.1) is 0 Å². The summed E-state index contributed by atoms with van der Waals surface area (Å²) in [6.45, 7) is 3.39. The van der Waals surface area contributed by atoms with Gasteiger partial charge in [-0.2, -0.15) is 0 Å². The van der Waals surface area contributed by atoms with Crippen molar-refractivity contribution in [3.05, 3.63) is 71.1 Å². The van der Waals surface area contributed by atoms with E-state index in [0.717, 1.165) is 25.1 Å². The molecule has 0 spiro atoms. The smallest absolute Gasteiger partial charge is 0.266 e. The molecule has 0 saturated heterocycles. The van der Waals surface area contributed by atoms with E-state index in [1.165, 1.54) is 22.6 Å². The first-order valence-corrected chi connectivity index (χ1v) is 9.22. The maximum Gasteiger partial charge on any atom is 0.266 e. The normalized spacial score (nSPS) is 12.8. The molecule has 0 aliphatic carbocycles. The summed E-state index contributed by atoms with van der Waals surface area (Å²) in [6.07, 6.45) is 4.21. The fourth-order valence-electron chi connectivity index (χ4n) is 3.52. The molecule has 2 heterocycles. The average Bonchev–Trinajstić information content (AvgIpc) is 3.20. The quantitative estimate of drug-likeness (QED) is 0.696. The van der Waals surface area contributed by atoms with Gasteiger partial charge in [-0.25, -0.2) is 9.13 Å². The molecule has 0 radical (unpaired) electrons. The third kappa shape index (κ3) is 3.37. The number of carbonyl (C=O) groups excluding carboxylic acids is 1. The maximum atomic E-state index is 12.5. The van der Waals surface area contributed by atoms with Gasteiger partial charge < -0.3 is 5.32 Å². The van der Waals surface area contributed by atoms with Crippen LogP contribution in [0.4, 0.5) is 5.69 Å². The molecule has 26 heavy (non-hydrogen) atoms. The van der Waals surface area contributed by atoms with Crippen molar-refractivity contribution in [1.82, 2.24) is 4.57 Å². The van der Waals surface area contributed by atoms with Gasteiger partial charge in [-0.05, 0) is 31.5 Å². The van der Waals surface area contributed by atoms with Crippen LogP contribution in [-0.2, 0) is 24.3 Å². The van der Waals surface area contributed by atoms with Crippen molar-refractivity contribution < 1.29 is 9.36 Å². The molecule has 132 valence electrons. The first-order valence-electron chi connectivity index (χ1n) is 8.84. The Kier molecular flexibility index (Phi) is 4.51. The van der Waals surface area contributed by atoms with E-state index in [4.69, 9.17) is 11.6 Å². The molecule has 0 atom stereocenters. The fraction of sp³-hybridized carbons (Fsp3) is 0.238. The average molecular weight is 367 g/mol. The van der Waals surface area contributed by atoms with E-state index < -0.39 is 0 Å². The molecular formula is C21H21ClN3O+. The number of rotatable bonds is 4. The van der Waals surface area contributed by atoms with E-state index in [0.29, 0.717) is 11.6 Å². The fourth-order valence-corrected chi connectivity index (χ4v) is 3.71. The van der Waals surface area contributed by atoms with Crippen molar-refractivity contribution in [3.8, 4) is 11.3 Å². The Morgan fingerprint density at radius 1 is 1.23 bits per heavy atom. The van der Waals surface area contributed by atoms with Crippen molar-refractivity contribution in [2.75, 3.05) is 5.32 Å². The van der Waals surface area contributed by atoms with Gasteiger partial charge in [0.2, 0.25) is 0 Å². The third-order valence-corrected chi connectivity index (χ3v) is 5.00. The SMILES string of the molecule is Cc1ccc(-c2c[n+](CC(=O)Nc3cccc(Cl)c3)c3n2CCC3)cc1. The summed E-state index contributed by atoms with van der Waals surface area (Å²) in [5.74, 6) is 1.16. The third-order valence-electron chi connectivity index (χ3n) is 4.76. The minimum Gasteiger partial charge on any atom is -0.323 e. The van der Waals surface area contributed by atoms with Crippen LogP contribution in [0, 0.1) is 6.92 Å². The van der Waals surface area contributed by atoms with Crippen LogP contribution in [-0.4, -0.2) is 10.5 Å². The number of aromatic nitrogens is 2. The second-order valence-corrected chi connectivity index (χ2v) is 7.17. The number of imidazole rings is 1. The van der Waals surface area contributed by atoms with Gasteiger partial charge >= 0.3 is 0 Å². The number of hydrogen-bond donors (Lipinski definition) is 1. The monoisotopic (exact) mass is 366 g/mol. The predicted octanol–water partition coefficient (Wildman–Crippen LogP) is 3.99. The van der Waals surface area contributed by atoms with E-state index in [1.54, 1.807) is 12.1 Å². The van der Waals surface area contributed by atoms with Crippen molar-refractivity contribution in [2.45, 2.75) is 32.9 Å². The zero-order chi connectivity index (χ0) is 18.1. The number of amides is 1. The Balaban J connectivity index is 1.58. The highest BCUT2D eigenvalue weighted by Crippen LogP contribution is 2.25. The van der Waals surface area contributed by atoms with E-state index in [9.17, 15) is 4.79 Å². The lowest BCUT2D eigenvalue weighted by Gasteiger charge is -2.04. The largest absolute Gasteiger partial charge is 0.323 e. The van der Waals surface area contributed by atoms with Gasteiger partial charge in [-0.3, -0.25) is 4.79 Å². The molecule has 4 rings (SSSR count). The van der Waals surface area contributed by atoms with Gasteiger partial charge in [0.05, 0.1) is 13.0 Å². The molecule has 1 N–H and O–H groups in total. The van der Waals surface area contributed by atoms with Crippen LogP contribution < -0.4 is 9.88 Å². The first kappa shape index (κ1) is 16.9. The highest BCUT2D eigenvalue weighted by atomic mass is 35.5. The Hall–Kier alpha value is -2.59. The molecule has 1 aliphatic rings. The van der Waals surface area contributed by atoms with Gasteiger partial charge in [-0.1, -0.05) is 47.5 Å². The summed E-state index contributed by atoms with van der Waals surface area (Å²) in [7, 11) is 0. The van der Waals surface area contributed by atoms with Crippen LogP contribution in [0.25, 0.3) is 11.3 Å².